The van der Waals surface area contributed by atoms with Gasteiger partial charge < -0.3 is 10.6 Å². The van der Waals surface area contributed by atoms with Crippen molar-refractivity contribution in [1.82, 2.24) is 9.91 Å². The molecule has 24 heavy (non-hydrogen) atoms. The molecule has 5 nitrogen and oxygen atoms in total. The molecule has 2 heterocycles. The molecule has 2 N–H and O–H groups in total. The maximum absolute atomic E-state index is 12.7. The summed E-state index contributed by atoms with van der Waals surface area (Å²) in [6, 6.07) is 7.75. The first-order valence-corrected chi connectivity index (χ1v) is 8.93. The van der Waals surface area contributed by atoms with E-state index in [9.17, 15) is 4.79 Å². The number of hydrogen-bond donors (Lipinski definition) is 1. The minimum Gasteiger partial charge on any atom is -0.399 e. The van der Waals surface area contributed by atoms with Crippen molar-refractivity contribution in [2.24, 2.45) is 10.5 Å². The zero-order valence-corrected chi connectivity index (χ0v) is 14.8. The van der Waals surface area contributed by atoms with E-state index < -0.39 is 5.41 Å². The number of hydrogen-bond acceptors (Lipinski definition) is 4. The van der Waals surface area contributed by atoms with Crippen molar-refractivity contribution in [1.29, 1.82) is 0 Å². The van der Waals surface area contributed by atoms with Gasteiger partial charge in [0.05, 0.1) is 17.7 Å². The molecular formula is C19H28N4O. The van der Waals surface area contributed by atoms with Crippen LogP contribution in [0.15, 0.2) is 29.4 Å². The molecule has 2 aliphatic heterocycles. The number of nitrogen functional groups attached to an aromatic ring is 1. The number of hydrazone groups is 1. The van der Waals surface area contributed by atoms with Crippen LogP contribution in [0.3, 0.4) is 0 Å². The van der Waals surface area contributed by atoms with Crippen molar-refractivity contribution >= 4 is 17.3 Å². The molecule has 1 aromatic rings. The summed E-state index contributed by atoms with van der Waals surface area (Å²) < 4.78 is 0. The molecule has 0 atom stereocenters. The summed E-state index contributed by atoms with van der Waals surface area (Å²) in [5.74, 6) is 0.124. The van der Waals surface area contributed by atoms with Crippen LogP contribution >= 0.6 is 0 Å². The van der Waals surface area contributed by atoms with Gasteiger partial charge in [-0.2, -0.15) is 5.10 Å². The van der Waals surface area contributed by atoms with E-state index in [1.807, 2.05) is 38.1 Å². The zero-order chi connectivity index (χ0) is 17.2. The van der Waals surface area contributed by atoms with Crippen LogP contribution in [0.5, 0.6) is 0 Å². The number of carbonyl (C=O) groups excluding carboxylic acids is 1. The summed E-state index contributed by atoms with van der Waals surface area (Å²) >= 11 is 0. The molecule has 1 aromatic carbocycles. The summed E-state index contributed by atoms with van der Waals surface area (Å²) in [5.41, 5.74) is 8.13. The number of rotatable bonds is 4. The number of amides is 1. The lowest BCUT2D eigenvalue weighted by Crippen LogP contribution is -2.47. The van der Waals surface area contributed by atoms with E-state index in [4.69, 9.17) is 5.73 Å². The lowest BCUT2D eigenvalue weighted by molar-refractivity contribution is -0.141. The number of nitrogens with two attached hydrogens (primary N) is 1. The molecule has 0 bridgehead atoms. The van der Waals surface area contributed by atoms with Crippen molar-refractivity contribution in [3.8, 4) is 0 Å². The molecule has 0 spiro atoms. The first kappa shape index (κ1) is 17.0. The molecular weight excluding hydrogens is 300 g/mol. The first-order valence-electron chi connectivity index (χ1n) is 8.93. The van der Waals surface area contributed by atoms with E-state index in [-0.39, 0.29) is 5.91 Å². The number of anilines is 1. The van der Waals surface area contributed by atoms with Gasteiger partial charge in [0.2, 0.25) is 5.91 Å². The fraction of sp³-hybridized carbons (Fsp3) is 0.579. The van der Waals surface area contributed by atoms with Crippen LogP contribution in [-0.2, 0) is 4.79 Å². The van der Waals surface area contributed by atoms with Gasteiger partial charge in [-0.25, -0.2) is 5.01 Å². The Morgan fingerprint density at radius 2 is 1.75 bits per heavy atom. The third kappa shape index (κ3) is 3.78. The maximum atomic E-state index is 12.7. The SMILES string of the molecule is CC1(C)CC(c2ccc(N)cc2)=NN(CCN2CCCCC2)C1=O. The monoisotopic (exact) mass is 328 g/mol. The lowest BCUT2D eigenvalue weighted by atomic mass is 9.83. The van der Waals surface area contributed by atoms with E-state index in [1.165, 1.54) is 19.3 Å². The molecule has 0 aliphatic carbocycles. The van der Waals surface area contributed by atoms with Gasteiger partial charge in [-0.05, 0) is 43.6 Å². The Labute approximate surface area is 144 Å². The quantitative estimate of drug-likeness (QED) is 0.865. The van der Waals surface area contributed by atoms with Gasteiger partial charge in [0.15, 0.2) is 0 Å². The molecule has 0 unspecified atom stereocenters. The summed E-state index contributed by atoms with van der Waals surface area (Å²) in [6.45, 7) is 7.87. The number of likely N-dealkylation sites (tertiary alicyclic amines) is 1. The van der Waals surface area contributed by atoms with Gasteiger partial charge in [-0.15, -0.1) is 0 Å². The molecule has 1 amide bonds. The van der Waals surface area contributed by atoms with Crippen molar-refractivity contribution < 1.29 is 4.79 Å². The van der Waals surface area contributed by atoms with Crippen LogP contribution in [0.25, 0.3) is 0 Å². The van der Waals surface area contributed by atoms with Crippen LogP contribution in [0, 0.1) is 5.41 Å². The second-order valence-electron chi connectivity index (χ2n) is 7.56. The van der Waals surface area contributed by atoms with E-state index in [1.54, 1.807) is 5.01 Å². The number of benzene rings is 1. The van der Waals surface area contributed by atoms with E-state index in [2.05, 4.69) is 10.0 Å². The molecule has 2 aliphatic rings. The normalized spacial score (nSPS) is 21.7. The number of carbonyl (C=O) groups is 1. The van der Waals surface area contributed by atoms with Gasteiger partial charge in [-0.3, -0.25) is 4.79 Å². The predicted molar refractivity (Wildman–Crippen MR) is 97.8 cm³/mol. The molecule has 3 rings (SSSR count). The predicted octanol–water partition coefficient (Wildman–Crippen LogP) is 2.72. The van der Waals surface area contributed by atoms with Gasteiger partial charge in [0.25, 0.3) is 0 Å². The summed E-state index contributed by atoms with van der Waals surface area (Å²) in [5, 5.41) is 6.36. The summed E-state index contributed by atoms with van der Waals surface area (Å²) in [7, 11) is 0. The Kier molecular flexibility index (Phi) is 4.90. The van der Waals surface area contributed by atoms with Crippen molar-refractivity contribution in [2.75, 3.05) is 31.9 Å². The zero-order valence-electron chi connectivity index (χ0n) is 14.8. The standard InChI is InChI=1S/C19H28N4O/c1-19(2)14-17(15-6-8-16(20)9-7-15)21-23(18(19)24)13-12-22-10-4-3-5-11-22/h6-9H,3-5,10-14,20H2,1-2H3. The fourth-order valence-electron chi connectivity index (χ4n) is 3.48. The molecule has 130 valence electrons. The van der Waals surface area contributed by atoms with Gasteiger partial charge in [-0.1, -0.05) is 32.4 Å². The molecule has 1 saturated heterocycles. The van der Waals surface area contributed by atoms with Crippen LogP contribution in [0.2, 0.25) is 0 Å². The number of nitrogens with zero attached hydrogens (tertiary/aromatic N) is 3. The second-order valence-corrected chi connectivity index (χ2v) is 7.56. The topological polar surface area (TPSA) is 61.9 Å². The smallest absolute Gasteiger partial charge is 0.248 e. The highest BCUT2D eigenvalue weighted by atomic mass is 16.2. The Morgan fingerprint density at radius 3 is 2.42 bits per heavy atom. The maximum Gasteiger partial charge on any atom is 0.248 e. The van der Waals surface area contributed by atoms with Crippen LogP contribution in [-0.4, -0.2) is 47.7 Å². The molecule has 0 aromatic heterocycles. The highest BCUT2D eigenvalue weighted by molar-refractivity contribution is 6.05. The van der Waals surface area contributed by atoms with E-state index in [0.29, 0.717) is 13.0 Å². The minimum atomic E-state index is -0.416. The van der Waals surface area contributed by atoms with Crippen molar-refractivity contribution in [2.45, 2.75) is 39.5 Å². The van der Waals surface area contributed by atoms with E-state index >= 15 is 0 Å². The molecule has 0 saturated carbocycles. The molecule has 0 radical (unpaired) electrons. The molecule has 5 heteroatoms. The third-order valence-corrected chi connectivity index (χ3v) is 4.98. The van der Waals surface area contributed by atoms with Gasteiger partial charge in [0, 0.05) is 18.7 Å². The van der Waals surface area contributed by atoms with Crippen molar-refractivity contribution in [3.63, 3.8) is 0 Å². The third-order valence-electron chi connectivity index (χ3n) is 4.98. The van der Waals surface area contributed by atoms with Gasteiger partial charge >= 0.3 is 0 Å². The Hall–Kier alpha value is -1.88. The Bertz CT molecular complexity index is 615. The second kappa shape index (κ2) is 6.93. The highest BCUT2D eigenvalue weighted by Crippen LogP contribution is 2.31. The first-order chi connectivity index (χ1) is 11.5. The average Bonchev–Trinajstić information content (AvgIpc) is 2.57. The van der Waals surface area contributed by atoms with Crippen LogP contribution < -0.4 is 5.73 Å². The lowest BCUT2D eigenvalue weighted by Gasteiger charge is -2.36. The largest absolute Gasteiger partial charge is 0.399 e. The Morgan fingerprint density at radius 1 is 1.08 bits per heavy atom. The van der Waals surface area contributed by atoms with Crippen LogP contribution in [0.4, 0.5) is 5.69 Å². The Balaban J connectivity index is 1.76. The fourth-order valence-corrected chi connectivity index (χ4v) is 3.48. The van der Waals surface area contributed by atoms with Crippen molar-refractivity contribution in [3.05, 3.63) is 29.8 Å². The summed E-state index contributed by atoms with van der Waals surface area (Å²) in [6.07, 6.45) is 4.51. The average molecular weight is 328 g/mol. The number of piperidine rings is 1. The van der Waals surface area contributed by atoms with Crippen LogP contribution in [0.1, 0.15) is 45.1 Å². The van der Waals surface area contributed by atoms with E-state index in [0.717, 1.165) is 36.6 Å². The van der Waals surface area contributed by atoms with Gasteiger partial charge in [0.1, 0.15) is 0 Å². The summed E-state index contributed by atoms with van der Waals surface area (Å²) in [4.78, 5) is 15.2. The molecule has 1 fully saturated rings. The minimum absolute atomic E-state index is 0.124. The highest BCUT2D eigenvalue weighted by Gasteiger charge is 2.38.